The minimum Gasteiger partial charge on any atom is -0.462 e. The number of hydrogen-bond acceptors (Lipinski definition) is 4. The number of carbonyl (C=O) groups excluding carboxylic acids is 1. The highest BCUT2D eigenvalue weighted by Gasteiger charge is 2.10. The van der Waals surface area contributed by atoms with Crippen molar-refractivity contribution in [2.24, 2.45) is 0 Å². The Balaban J connectivity index is 2.72. The van der Waals surface area contributed by atoms with E-state index >= 15 is 0 Å². The Morgan fingerprint density at radius 2 is 2.06 bits per heavy atom. The molecule has 0 N–H and O–H groups in total. The van der Waals surface area contributed by atoms with E-state index in [1.807, 2.05) is 6.92 Å². The zero-order valence-corrected chi connectivity index (χ0v) is 11.5. The molecular formula is C13H18O4S. The molecule has 4 nitrogen and oxygen atoms in total. The predicted octanol–water partition coefficient (Wildman–Crippen LogP) is 2.19. The fourth-order valence-electron chi connectivity index (χ4n) is 1.48. The molecule has 0 unspecified atom stereocenters. The predicted molar refractivity (Wildman–Crippen MR) is 70.2 cm³/mol. The van der Waals surface area contributed by atoms with Crippen molar-refractivity contribution in [2.75, 3.05) is 12.9 Å². The van der Waals surface area contributed by atoms with Gasteiger partial charge < -0.3 is 4.74 Å². The molecule has 0 spiro atoms. The third-order valence-electron chi connectivity index (χ3n) is 2.32. The zero-order chi connectivity index (χ0) is 13.6. The van der Waals surface area contributed by atoms with Crippen molar-refractivity contribution in [1.82, 2.24) is 0 Å². The first-order valence-corrected chi connectivity index (χ1v) is 7.92. The summed E-state index contributed by atoms with van der Waals surface area (Å²) < 4.78 is 27.4. The minimum absolute atomic E-state index is 0.0664. The minimum atomic E-state index is -3.09. The first kappa shape index (κ1) is 14.7. The van der Waals surface area contributed by atoms with Gasteiger partial charge in [0.05, 0.1) is 17.9 Å². The fraction of sp³-hybridized carbons (Fsp3) is 0.462. The molecule has 1 aromatic rings. The van der Waals surface area contributed by atoms with Crippen LogP contribution in [0.4, 0.5) is 0 Å². The molecule has 0 atom stereocenters. The van der Waals surface area contributed by atoms with Crippen molar-refractivity contribution in [3.05, 3.63) is 35.4 Å². The van der Waals surface area contributed by atoms with Gasteiger partial charge in [0.1, 0.15) is 0 Å². The summed E-state index contributed by atoms with van der Waals surface area (Å²) in [6.07, 6.45) is 2.95. The third kappa shape index (κ3) is 5.31. The molecule has 0 heterocycles. The monoisotopic (exact) mass is 270 g/mol. The number of hydrogen-bond donors (Lipinski definition) is 0. The van der Waals surface area contributed by atoms with Crippen molar-refractivity contribution in [3.8, 4) is 0 Å². The lowest BCUT2D eigenvalue weighted by atomic mass is 10.1. The molecule has 1 rings (SSSR count). The summed E-state index contributed by atoms with van der Waals surface area (Å²) in [5, 5.41) is 0. The number of unbranched alkanes of at least 4 members (excludes halogenated alkanes) is 1. The first-order valence-electron chi connectivity index (χ1n) is 5.86. The standard InChI is InChI=1S/C13H18O4S/c1-3-4-8-17-13(14)12-7-5-6-11(9-12)10-18(2,15)16/h5-7,9H,3-4,8,10H2,1-2H3. The zero-order valence-electron chi connectivity index (χ0n) is 10.7. The third-order valence-corrected chi connectivity index (χ3v) is 3.18. The largest absolute Gasteiger partial charge is 0.462 e. The molecule has 0 aliphatic carbocycles. The topological polar surface area (TPSA) is 60.4 Å². The molecular weight excluding hydrogens is 252 g/mol. The van der Waals surface area contributed by atoms with Crippen LogP contribution in [-0.4, -0.2) is 27.2 Å². The average Bonchev–Trinajstić information content (AvgIpc) is 2.27. The van der Waals surface area contributed by atoms with E-state index in [-0.39, 0.29) is 5.75 Å². The van der Waals surface area contributed by atoms with Gasteiger partial charge in [-0.3, -0.25) is 0 Å². The first-order chi connectivity index (χ1) is 8.42. The van der Waals surface area contributed by atoms with Crippen molar-refractivity contribution in [3.63, 3.8) is 0 Å². The molecule has 0 saturated heterocycles. The van der Waals surface area contributed by atoms with Crippen LogP contribution in [0.5, 0.6) is 0 Å². The summed E-state index contributed by atoms with van der Waals surface area (Å²) in [6.45, 7) is 2.41. The van der Waals surface area contributed by atoms with Crippen LogP contribution in [0.2, 0.25) is 0 Å². The molecule has 0 amide bonds. The molecule has 0 bridgehead atoms. The van der Waals surface area contributed by atoms with Gasteiger partial charge in [0.2, 0.25) is 0 Å². The van der Waals surface area contributed by atoms with E-state index in [0.717, 1.165) is 12.8 Å². The van der Waals surface area contributed by atoms with Gasteiger partial charge in [0.15, 0.2) is 9.84 Å². The molecule has 0 fully saturated rings. The van der Waals surface area contributed by atoms with Crippen molar-refractivity contribution in [1.29, 1.82) is 0 Å². The van der Waals surface area contributed by atoms with Crippen LogP contribution in [0, 0.1) is 0 Å². The van der Waals surface area contributed by atoms with Crippen LogP contribution >= 0.6 is 0 Å². The molecule has 0 aromatic heterocycles. The van der Waals surface area contributed by atoms with Gasteiger partial charge in [-0.2, -0.15) is 0 Å². The van der Waals surface area contributed by atoms with Gasteiger partial charge in [-0.25, -0.2) is 13.2 Å². The second kappa shape index (κ2) is 6.54. The van der Waals surface area contributed by atoms with Crippen LogP contribution in [0.15, 0.2) is 24.3 Å². The number of benzene rings is 1. The summed E-state index contributed by atoms with van der Waals surface area (Å²) >= 11 is 0. The van der Waals surface area contributed by atoms with Crippen LogP contribution < -0.4 is 0 Å². The quantitative estimate of drug-likeness (QED) is 0.587. The lowest BCUT2D eigenvalue weighted by Gasteiger charge is -2.05. The van der Waals surface area contributed by atoms with E-state index in [9.17, 15) is 13.2 Å². The Labute approximate surface area is 108 Å². The molecule has 1 aromatic carbocycles. The van der Waals surface area contributed by atoms with Crippen LogP contribution in [-0.2, 0) is 20.3 Å². The maximum absolute atomic E-state index is 11.7. The summed E-state index contributed by atoms with van der Waals surface area (Å²) in [7, 11) is -3.09. The second-order valence-electron chi connectivity index (χ2n) is 4.26. The van der Waals surface area contributed by atoms with Gasteiger partial charge in [0.25, 0.3) is 0 Å². The number of ether oxygens (including phenoxy) is 1. The number of esters is 1. The van der Waals surface area contributed by atoms with Crippen LogP contribution in [0.3, 0.4) is 0 Å². The van der Waals surface area contributed by atoms with Gasteiger partial charge in [0, 0.05) is 6.26 Å². The Morgan fingerprint density at radius 1 is 1.33 bits per heavy atom. The van der Waals surface area contributed by atoms with E-state index in [1.165, 1.54) is 6.26 Å². The number of sulfone groups is 1. The van der Waals surface area contributed by atoms with E-state index in [2.05, 4.69) is 0 Å². The highest BCUT2D eigenvalue weighted by Crippen LogP contribution is 2.10. The number of rotatable bonds is 6. The van der Waals surface area contributed by atoms with Gasteiger partial charge in [-0.15, -0.1) is 0 Å². The van der Waals surface area contributed by atoms with Crippen molar-refractivity contribution in [2.45, 2.75) is 25.5 Å². The van der Waals surface area contributed by atoms with E-state index in [4.69, 9.17) is 4.74 Å². The molecule has 18 heavy (non-hydrogen) atoms. The summed E-state index contributed by atoms with van der Waals surface area (Å²) in [4.78, 5) is 11.7. The molecule has 0 saturated carbocycles. The van der Waals surface area contributed by atoms with Crippen LogP contribution in [0.1, 0.15) is 35.7 Å². The summed E-state index contributed by atoms with van der Waals surface area (Å²) in [5.41, 5.74) is 0.995. The number of carbonyl (C=O) groups is 1. The van der Waals surface area contributed by atoms with E-state index in [1.54, 1.807) is 24.3 Å². The Bertz CT molecular complexity index is 505. The van der Waals surface area contributed by atoms with Gasteiger partial charge in [-0.1, -0.05) is 25.5 Å². The van der Waals surface area contributed by atoms with Gasteiger partial charge >= 0.3 is 5.97 Å². The van der Waals surface area contributed by atoms with Crippen molar-refractivity contribution >= 4 is 15.8 Å². The summed E-state index contributed by atoms with van der Waals surface area (Å²) in [6, 6.07) is 6.54. The lowest BCUT2D eigenvalue weighted by Crippen LogP contribution is -2.07. The molecule has 0 aliphatic heterocycles. The van der Waals surface area contributed by atoms with E-state index in [0.29, 0.717) is 17.7 Å². The molecule has 0 radical (unpaired) electrons. The highest BCUT2D eigenvalue weighted by molar-refractivity contribution is 7.89. The molecule has 0 aliphatic rings. The second-order valence-corrected chi connectivity index (χ2v) is 6.40. The summed E-state index contributed by atoms with van der Waals surface area (Å²) in [5.74, 6) is -0.470. The SMILES string of the molecule is CCCCOC(=O)c1cccc(CS(C)(=O)=O)c1. The molecule has 100 valence electrons. The Morgan fingerprint density at radius 3 is 2.67 bits per heavy atom. The Kier molecular flexibility index (Phi) is 5.34. The smallest absolute Gasteiger partial charge is 0.338 e. The maximum atomic E-state index is 11.7. The fourth-order valence-corrected chi connectivity index (χ4v) is 2.27. The maximum Gasteiger partial charge on any atom is 0.338 e. The van der Waals surface area contributed by atoms with Crippen molar-refractivity contribution < 1.29 is 17.9 Å². The lowest BCUT2D eigenvalue weighted by molar-refractivity contribution is 0.0499. The van der Waals surface area contributed by atoms with E-state index < -0.39 is 15.8 Å². The van der Waals surface area contributed by atoms with Crippen LogP contribution in [0.25, 0.3) is 0 Å². The molecule has 5 heteroatoms. The highest BCUT2D eigenvalue weighted by atomic mass is 32.2. The Hall–Kier alpha value is -1.36. The van der Waals surface area contributed by atoms with Gasteiger partial charge in [-0.05, 0) is 24.1 Å². The average molecular weight is 270 g/mol. The normalized spacial score (nSPS) is 11.2.